The van der Waals surface area contributed by atoms with Gasteiger partial charge in [0.2, 0.25) is 0 Å². The van der Waals surface area contributed by atoms with Gasteiger partial charge in [0, 0.05) is 16.6 Å². The second-order valence-electron chi connectivity index (χ2n) is 4.41. The SMILES string of the molecule is CNCc1ccc(C)cc1-c1ccc(Br)c(Cl)c1F. The quantitative estimate of drug-likeness (QED) is 0.779. The van der Waals surface area contributed by atoms with Crippen molar-refractivity contribution in [2.24, 2.45) is 0 Å². The van der Waals surface area contributed by atoms with Gasteiger partial charge in [-0.05, 0) is 47.1 Å². The highest BCUT2D eigenvalue weighted by Crippen LogP contribution is 2.34. The molecule has 1 N–H and O–H groups in total. The Hall–Kier alpha value is -0.900. The van der Waals surface area contributed by atoms with E-state index in [-0.39, 0.29) is 10.8 Å². The number of rotatable bonds is 3. The van der Waals surface area contributed by atoms with Crippen LogP contribution in [0.1, 0.15) is 11.1 Å². The van der Waals surface area contributed by atoms with Gasteiger partial charge in [-0.2, -0.15) is 0 Å². The highest BCUT2D eigenvalue weighted by atomic mass is 79.9. The van der Waals surface area contributed by atoms with Gasteiger partial charge in [0.1, 0.15) is 0 Å². The molecule has 1 nitrogen and oxygen atoms in total. The van der Waals surface area contributed by atoms with E-state index in [9.17, 15) is 4.39 Å². The van der Waals surface area contributed by atoms with E-state index in [4.69, 9.17) is 11.6 Å². The summed E-state index contributed by atoms with van der Waals surface area (Å²) in [5.41, 5.74) is 3.54. The van der Waals surface area contributed by atoms with Gasteiger partial charge in [-0.15, -0.1) is 0 Å². The van der Waals surface area contributed by atoms with Gasteiger partial charge in [0.05, 0.1) is 5.02 Å². The fraction of sp³-hybridized carbons (Fsp3) is 0.200. The predicted octanol–water partition coefficient (Wildman–Crippen LogP) is 4.94. The van der Waals surface area contributed by atoms with Crippen LogP contribution in [0.15, 0.2) is 34.8 Å². The molecule has 100 valence electrons. The number of aryl methyl sites for hydroxylation is 1. The van der Waals surface area contributed by atoms with Gasteiger partial charge in [-0.1, -0.05) is 41.4 Å². The van der Waals surface area contributed by atoms with Crippen molar-refractivity contribution in [1.29, 1.82) is 0 Å². The van der Waals surface area contributed by atoms with Crippen LogP contribution >= 0.6 is 27.5 Å². The Morgan fingerprint density at radius 1 is 1.21 bits per heavy atom. The third-order valence-corrected chi connectivity index (χ3v) is 4.22. The molecule has 0 saturated heterocycles. The summed E-state index contributed by atoms with van der Waals surface area (Å²) < 4.78 is 14.9. The zero-order chi connectivity index (χ0) is 14.0. The molecule has 0 amide bonds. The van der Waals surface area contributed by atoms with Crippen LogP contribution < -0.4 is 5.32 Å². The van der Waals surface area contributed by atoms with E-state index in [1.54, 1.807) is 12.1 Å². The lowest BCUT2D eigenvalue weighted by Crippen LogP contribution is -2.07. The first-order valence-electron chi connectivity index (χ1n) is 5.92. The van der Waals surface area contributed by atoms with E-state index in [0.717, 1.165) is 16.7 Å². The average molecular weight is 343 g/mol. The summed E-state index contributed by atoms with van der Waals surface area (Å²) in [6, 6.07) is 9.53. The smallest absolute Gasteiger partial charge is 0.150 e. The van der Waals surface area contributed by atoms with Gasteiger partial charge in [-0.25, -0.2) is 4.39 Å². The molecule has 4 heteroatoms. The molecule has 0 unspecified atom stereocenters. The molecular weight excluding hydrogens is 329 g/mol. The van der Waals surface area contributed by atoms with Crippen LogP contribution in [-0.2, 0) is 6.54 Å². The summed E-state index contributed by atoms with van der Waals surface area (Å²) in [4.78, 5) is 0. The molecule has 0 aliphatic carbocycles. The first kappa shape index (κ1) is 14.5. The van der Waals surface area contributed by atoms with Crippen molar-refractivity contribution in [2.45, 2.75) is 13.5 Å². The fourth-order valence-electron chi connectivity index (χ4n) is 2.02. The monoisotopic (exact) mass is 341 g/mol. The molecule has 0 aromatic heterocycles. The fourth-order valence-corrected chi connectivity index (χ4v) is 2.49. The number of hydrogen-bond donors (Lipinski definition) is 1. The number of hydrogen-bond acceptors (Lipinski definition) is 1. The first-order chi connectivity index (χ1) is 9.04. The maximum atomic E-state index is 14.3. The Balaban J connectivity index is 2.64. The topological polar surface area (TPSA) is 12.0 Å². The third kappa shape index (κ3) is 2.99. The molecule has 2 aromatic rings. The van der Waals surface area contributed by atoms with Crippen LogP contribution in [0.25, 0.3) is 11.1 Å². The molecule has 0 aliphatic heterocycles. The molecule has 0 heterocycles. The van der Waals surface area contributed by atoms with Crippen molar-refractivity contribution in [1.82, 2.24) is 5.32 Å². The van der Waals surface area contributed by atoms with Crippen LogP contribution in [0, 0.1) is 12.7 Å². The van der Waals surface area contributed by atoms with Crippen LogP contribution in [0.3, 0.4) is 0 Å². The largest absolute Gasteiger partial charge is 0.316 e. The summed E-state index contributed by atoms with van der Waals surface area (Å²) in [6.45, 7) is 2.67. The van der Waals surface area contributed by atoms with Crippen molar-refractivity contribution in [2.75, 3.05) is 7.05 Å². The van der Waals surface area contributed by atoms with E-state index in [0.29, 0.717) is 16.6 Å². The number of benzene rings is 2. The molecule has 0 radical (unpaired) electrons. The Morgan fingerprint density at radius 2 is 1.95 bits per heavy atom. The maximum absolute atomic E-state index is 14.3. The lowest BCUT2D eigenvalue weighted by atomic mass is 9.97. The van der Waals surface area contributed by atoms with E-state index < -0.39 is 0 Å². The van der Waals surface area contributed by atoms with Crippen molar-refractivity contribution in [3.05, 3.63) is 56.8 Å². The van der Waals surface area contributed by atoms with Crippen molar-refractivity contribution >= 4 is 27.5 Å². The zero-order valence-electron chi connectivity index (χ0n) is 10.7. The molecule has 2 rings (SSSR count). The summed E-state index contributed by atoms with van der Waals surface area (Å²) >= 11 is 9.20. The molecule has 0 fully saturated rings. The normalized spacial score (nSPS) is 10.8. The van der Waals surface area contributed by atoms with Gasteiger partial charge in [-0.3, -0.25) is 0 Å². The molecule has 0 saturated carbocycles. The van der Waals surface area contributed by atoms with Gasteiger partial charge >= 0.3 is 0 Å². The highest BCUT2D eigenvalue weighted by Gasteiger charge is 2.14. The molecule has 0 bridgehead atoms. The minimum Gasteiger partial charge on any atom is -0.316 e. The summed E-state index contributed by atoms with van der Waals surface area (Å²) in [5, 5.41) is 3.21. The van der Waals surface area contributed by atoms with Crippen LogP contribution in [0.4, 0.5) is 4.39 Å². The summed E-state index contributed by atoms with van der Waals surface area (Å²) in [7, 11) is 1.87. The van der Waals surface area contributed by atoms with Crippen LogP contribution in [-0.4, -0.2) is 7.05 Å². The zero-order valence-corrected chi connectivity index (χ0v) is 13.1. The number of nitrogens with one attached hydrogen (secondary N) is 1. The first-order valence-corrected chi connectivity index (χ1v) is 7.09. The molecular formula is C15H14BrClFN. The molecule has 0 atom stereocenters. The van der Waals surface area contributed by atoms with E-state index >= 15 is 0 Å². The summed E-state index contributed by atoms with van der Waals surface area (Å²) in [5.74, 6) is -0.390. The van der Waals surface area contributed by atoms with Gasteiger partial charge in [0.15, 0.2) is 5.82 Å². The van der Waals surface area contributed by atoms with E-state index in [1.165, 1.54) is 0 Å². The lowest BCUT2D eigenvalue weighted by molar-refractivity contribution is 0.630. The van der Waals surface area contributed by atoms with Gasteiger partial charge in [0.25, 0.3) is 0 Å². The standard InChI is InChI=1S/C15H14BrClFN/c1-9-3-4-10(8-19-2)12(7-9)11-5-6-13(16)14(17)15(11)18/h3-7,19H,8H2,1-2H3. The Kier molecular flexibility index (Phi) is 4.61. The van der Waals surface area contributed by atoms with E-state index in [1.807, 2.05) is 32.2 Å². The molecule has 0 aliphatic rings. The van der Waals surface area contributed by atoms with Gasteiger partial charge < -0.3 is 5.32 Å². The minimum absolute atomic E-state index is 0.120. The molecule has 0 spiro atoms. The van der Waals surface area contributed by atoms with Crippen molar-refractivity contribution in [3.8, 4) is 11.1 Å². The number of halogens is 3. The van der Waals surface area contributed by atoms with Crippen LogP contribution in [0.5, 0.6) is 0 Å². The Labute approximate surface area is 125 Å². The second-order valence-corrected chi connectivity index (χ2v) is 5.65. The van der Waals surface area contributed by atoms with Crippen molar-refractivity contribution < 1.29 is 4.39 Å². The third-order valence-electron chi connectivity index (χ3n) is 2.96. The average Bonchev–Trinajstić information content (AvgIpc) is 2.39. The lowest BCUT2D eigenvalue weighted by Gasteiger charge is -2.13. The summed E-state index contributed by atoms with van der Waals surface area (Å²) in [6.07, 6.45) is 0. The Morgan fingerprint density at radius 3 is 2.63 bits per heavy atom. The van der Waals surface area contributed by atoms with Crippen molar-refractivity contribution in [3.63, 3.8) is 0 Å². The highest BCUT2D eigenvalue weighted by molar-refractivity contribution is 9.10. The molecule has 2 aromatic carbocycles. The van der Waals surface area contributed by atoms with Crippen LogP contribution in [0.2, 0.25) is 5.02 Å². The predicted molar refractivity (Wildman–Crippen MR) is 82.0 cm³/mol. The maximum Gasteiger partial charge on any atom is 0.150 e. The minimum atomic E-state index is -0.390. The Bertz CT molecular complexity index is 613. The van der Waals surface area contributed by atoms with E-state index in [2.05, 4.69) is 21.2 Å². The molecule has 19 heavy (non-hydrogen) atoms. The second kappa shape index (κ2) is 6.04.